The lowest BCUT2D eigenvalue weighted by atomic mass is 9.98. The van der Waals surface area contributed by atoms with Crippen LogP contribution < -0.4 is 10.4 Å². The number of hydrogen-bond acceptors (Lipinski definition) is 0. The molecule has 0 fully saturated rings. The molecule has 1 aromatic carbocycles. The number of rotatable bonds is 0. The summed E-state index contributed by atoms with van der Waals surface area (Å²) in [5, 5.41) is 2.92. The summed E-state index contributed by atoms with van der Waals surface area (Å²) < 4.78 is 0. The average molecular weight is 158 g/mol. The Hall–Kier alpha value is -1.04. The van der Waals surface area contributed by atoms with Gasteiger partial charge in [0, 0.05) is 0 Å². The Labute approximate surface area is 73.2 Å². The highest BCUT2D eigenvalue weighted by molar-refractivity contribution is 5.50. The maximum Gasteiger partial charge on any atom is -0.0195 e. The molecule has 0 N–H and O–H groups in total. The molecule has 0 radical (unpaired) electrons. The largest absolute Gasteiger partial charge is 0.0761 e. The third-order valence-electron chi connectivity index (χ3n) is 2.65. The standard InChI is InChI=1S/C12H14/c1-9-5-3-8-12-10(2)6-4-7-11(9)12/h3,5,7-8H,4,6H2,1-2H3. The van der Waals surface area contributed by atoms with Crippen LogP contribution in [0.3, 0.4) is 0 Å². The minimum Gasteiger partial charge on any atom is -0.0761 e. The van der Waals surface area contributed by atoms with E-state index in [1.165, 1.54) is 34.4 Å². The van der Waals surface area contributed by atoms with Crippen molar-refractivity contribution in [2.45, 2.75) is 26.7 Å². The molecule has 0 aliphatic heterocycles. The van der Waals surface area contributed by atoms with Gasteiger partial charge in [0.2, 0.25) is 0 Å². The van der Waals surface area contributed by atoms with Gasteiger partial charge in [-0.15, -0.1) is 0 Å². The Morgan fingerprint density at radius 1 is 1.17 bits per heavy atom. The Morgan fingerprint density at radius 3 is 2.75 bits per heavy atom. The summed E-state index contributed by atoms with van der Waals surface area (Å²) in [6.07, 6.45) is 4.80. The van der Waals surface area contributed by atoms with E-state index in [1.54, 1.807) is 0 Å². The van der Waals surface area contributed by atoms with Gasteiger partial charge in [0.1, 0.15) is 0 Å². The Bertz CT molecular complexity index is 410. The topological polar surface area (TPSA) is 0 Å². The van der Waals surface area contributed by atoms with Crippen LogP contribution in [0.1, 0.15) is 25.3 Å². The van der Waals surface area contributed by atoms with Crippen LogP contribution >= 0.6 is 0 Å². The zero-order valence-electron chi connectivity index (χ0n) is 7.72. The molecule has 0 nitrogen and oxygen atoms in total. The minimum absolute atomic E-state index is 1.21. The first-order chi connectivity index (χ1) is 5.79. The van der Waals surface area contributed by atoms with Crippen LogP contribution in [-0.2, 0) is 0 Å². The zero-order valence-corrected chi connectivity index (χ0v) is 7.72. The molecule has 1 aliphatic rings. The molecule has 1 aromatic rings. The molecule has 0 amide bonds. The molecule has 0 saturated carbocycles. The van der Waals surface area contributed by atoms with Crippen LogP contribution in [0.2, 0.25) is 0 Å². The van der Waals surface area contributed by atoms with Crippen LogP contribution in [0.4, 0.5) is 0 Å². The first kappa shape index (κ1) is 7.60. The number of fused-ring (bicyclic) bond motifs is 1. The number of aryl methyl sites for hydroxylation is 1. The second-order valence-electron chi connectivity index (χ2n) is 3.56. The predicted octanol–water partition coefficient (Wildman–Crippen LogP) is 1.74. The number of hydrogen-bond donors (Lipinski definition) is 0. The highest BCUT2D eigenvalue weighted by Crippen LogP contribution is 2.06. The molecule has 1 aliphatic carbocycles. The van der Waals surface area contributed by atoms with Crippen LogP contribution in [0.15, 0.2) is 18.2 Å². The summed E-state index contributed by atoms with van der Waals surface area (Å²) in [4.78, 5) is 0. The van der Waals surface area contributed by atoms with E-state index < -0.39 is 0 Å². The fourth-order valence-electron chi connectivity index (χ4n) is 1.89. The van der Waals surface area contributed by atoms with Gasteiger partial charge in [-0.25, -0.2) is 0 Å². The maximum absolute atomic E-state index is 2.36. The summed E-state index contributed by atoms with van der Waals surface area (Å²) >= 11 is 0. The van der Waals surface area contributed by atoms with Gasteiger partial charge in [0.05, 0.1) is 0 Å². The van der Waals surface area contributed by atoms with Gasteiger partial charge in [-0.1, -0.05) is 29.8 Å². The van der Waals surface area contributed by atoms with E-state index in [1.807, 2.05) is 0 Å². The van der Waals surface area contributed by atoms with Crippen LogP contribution in [0.5, 0.6) is 0 Å². The normalized spacial score (nSPS) is 15.3. The molecule has 12 heavy (non-hydrogen) atoms. The van der Waals surface area contributed by atoms with E-state index >= 15 is 0 Å². The Morgan fingerprint density at radius 2 is 2.00 bits per heavy atom. The van der Waals surface area contributed by atoms with Gasteiger partial charge in [0.15, 0.2) is 0 Å². The quantitative estimate of drug-likeness (QED) is 0.539. The fraction of sp³-hybridized carbons (Fsp3) is 0.333. The van der Waals surface area contributed by atoms with Crippen molar-refractivity contribution in [3.05, 3.63) is 34.2 Å². The fourth-order valence-corrected chi connectivity index (χ4v) is 1.89. The molecule has 0 unspecified atom stereocenters. The highest BCUT2D eigenvalue weighted by atomic mass is 14.0. The van der Waals surface area contributed by atoms with Gasteiger partial charge in [-0.05, 0) is 42.7 Å². The summed E-state index contributed by atoms with van der Waals surface area (Å²) in [5.41, 5.74) is 2.95. The summed E-state index contributed by atoms with van der Waals surface area (Å²) in [5.74, 6) is 0. The monoisotopic (exact) mass is 158 g/mol. The van der Waals surface area contributed by atoms with Gasteiger partial charge in [-0.3, -0.25) is 0 Å². The van der Waals surface area contributed by atoms with Crippen molar-refractivity contribution < 1.29 is 0 Å². The van der Waals surface area contributed by atoms with Gasteiger partial charge >= 0.3 is 0 Å². The van der Waals surface area contributed by atoms with Crippen molar-refractivity contribution in [2.24, 2.45) is 0 Å². The Kier molecular flexibility index (Phi) is 1.76. The maximum atomic E-state index is 2.36. The molecule has 0 spiro atoms. The molecule has 0 heterocycles. The van der Waals surface area contributed by atoms with Crippen LogP contribution in [-0.4, -0.2) is 0 Å². The minimum atomic E-state index is 1.21. The summed E-state index contributed by atoms with van der Waals surface area (Å²) in [7, 11) is 0. The third-order valence-corrected chi connectivity index (χ3v) is 2.65. The molecular weight excluding hydrogens is 144 g/mol. The SMILES string of the molecule is CC1=c2cccc(C)c2=CCC1. The van der Waals surface area contributed by atoms with Crippen LogP contribution in [0.25, 0.3) is 11.6 Å². The van der Waals surface area contributed by atoms with Crippen molar-refractivity contribution in [2.75, 3.05) is 0 Å². The van der Waals surface area contributed by atoms with E-state index in [4.69, 9.17) is 0 Å². The van der Waals surface area contributed by atoms with E-state index in [0.717, 1.165) is 0 Å². The smallest absolute Gasteiger partial charge is 0.0195 e. The van der Waals surface area contributed by atoms with Crippen molar-refractivity contribution >= 4 is 11.6 Å². The molecular formula is C12H14. The van der Waals surface area contributed by atoms with Crippen LogP contribution in [0, 0.1) is 6.92 Å². The molecule has 0 heteroatoms. The van der Waals surface area contributed by atoms with E-state index in [-0.39, 0.29) is 0 Å². The van der Waals surface area contributed by atoms with E-state index in [9.17, 15) is 0 Å². The molecule has 2 rings (SSSR count). The van der Waals surface area contributed by atoms with Crippen molar-refractivity contribution in [1.82, 2.24) is 0 Å². The van der Waals surface area contributed by atoms with Crippen molar-refractivity contribution in [3.8, 4) is 0 Å². The van der Waals surface area contributed by atoms with Gasteiger partial charge in [-0.2, -0.15) is 0 Å². The summed E-state index contributed by atoms with van der Waals surface area (Å²) in [6, 6.07) is 6.57. The van der Waals surface area contributed by atoms with E-state index in [0.29, 0.717) is 0 Å². The molecule has 0 bridgehead atoms. The summed E-state index contributed by atoms with van der Waals surface area (Å²) in [6.45, 7) is 4.43. The van der Waals surface area contributed by atoms with Crippen molar-refractivity contribution in [3.63, 3.8) is 0 Å². The average Bonchev–Trinajstić information content (AvgIpc) is 2.07. The Balaban J connectivity index is 2.93. The highest BCUT2D eigenvalue weighted by Gasteiger charge is 1.99. The lowest BCUT2D eigenvalue weighted by molar-refractivity contribution is 1.06. The third kappa shape index (κ3) is 1.08. The second-order valence-corrected chi connectivity index (χ2v) is 3.56. The lowest BCUT2D eigenvalue weighted by Crippen LogP contribution is -2.30. The zero-order chi connectivity index (χ0) is 8.55. The predicted molar refractivity (Wildman–Crippen MR) is 53.2 cm³/mol. The second kappa shape index (κ2) is 2.78. The molecule has 62 valence electrons. The first-order valence-corrected chi connectivity index (χ1v) is 4.54. The molecule has 0 saturated heterocycles. The van der Waals surface area contributed by atoms with Gasteiger partial charge in [0.25, 0.3) is 0 Å². The lowest BCUT2D eigenvalue weighted by Gasteiger charge is -2.07. The van der Waals surface area contributed by atoms with Crippen molar-refractivity contribution in [1.29, 1.82) is 0 Å². The van der Waals surface area contributed by atoms with Gasteiger partial charge < -0.3 is 0 Å². The molecule has 0 atom stereocenters. The molecule has 0 aromatic heterocycles. The van der Waals surface area contributed by atoms with E-state index in [2.05, 4.69) is 38.1 Å². The first-order valence-electron chi connectivity index (χ1n) is 4.54. The number of benzene rings is 1.